The lowest BCUT2D eigenvalue weighted by Gasteiger charge is -2.08. The lowest BCUT2D eigenvalue weighted by molar-refractivity contribution is 0.566. The van der Waals surface area contributed by atoms with Gasteiger partial charge >= 0.3 is 0 Å². The van der Waals surface area contributed by atoms with Crippen molar-refractivity contribution >= 4 is 5.57 Å². The molecule has 0 fully saturated rings. The van der Waals surface area contributed by atoms with Gasteiger partial charge in [0.15, 0.2) is 0 Å². The molecule has 1 nitrogen and oxygen atoms in total. The summed E-state index contributed by atoms with van der Waals surface area (Å²) in [6.07, 6.45) is 3.70. The standard InChI is InChI=1S/C12H14FN/c1-4-10(9-14(2)3)11-5-7-12(13)8-6-11/h4-9H,1H2,2-3H3/b10-9+. The van der Waals surface area contributed by atoms with Gasteiger partial charge in [0.05, 0.1) is 0 Å². The highest BCUT2D eigenvalue weighted by Crippen LogP contribution is 2.15. The zero-order chi connectivity index (χ0) is 10.6. The van der Waals surface area contributed by atoms with Crippen LogP contribution >= 0.6 is 0 Å². The van der Waals surface area contributed by atoms with Crippen molar-refractivity contribution in [1.29, 1.82) is 0 Å². The Kier molecular flexibility index (Phi) is 3.46. The predicted octanol–water partition coefficient (Wildman–Crippen LogP) is 2.91. The summed E-state index contributed by atoms with van der Waals surface area (Å²) in [6, 6.07) is 6.38. The van der Waals surface area contributed by atoms with E-state index in [1.165, 1.54) is 12.1 Å². The van der Waals surface area contributed by atoms with Crippen LogP contribution in [0.4, 0.5) is 4.39 Å². The Morgan fingerprint density at radius 2 is 1.86 bits per heavy atom. The van der Waals surface area contributed by atoms with E-state index in [9.17, 15) is 4.39 Å². The molecule has 2 heteroatoms. The molecule has 0 bridgehead atoms. The fraction of sp³-hybridized carbons (Fsp3) is 0.167. The van der Waals surface area contributed by atoms with Crippen molar-refractivity contribution in [3.8, 4) is 0 Å². The molecule has 0 saturated carbocycles. The first kappa shape index (κ1) is 10.5. The quantitative estimate of drug-likeness (QED) is 0.664. The summed E-state index contributed by atoms with van der Waals surface area (Å²) >= 11 is 0. The lowest BCUT2D eigenvalue weighted by Crippen LogP contribution is -2.01. The van der Waals surface area contributed by atoms with E-state index in [1.54, 1.807) is 18.2 Å². The van der Waals surface area contributed by atoms with E-state index in [4.69, 9.17) is 0 Å². The lowest BCUT2D eigenvalue weighted by atomic mass is 10.1. The zero-order valence-corrected chi connectivity index (χ0v) is 8.50. The highest BCUT2D eigenvalue weighted by atomic mass is 19.1. The molecule has 0 atom stereocenters. The normalized spacial score (nSPS) is 11.2. The van der Waals surface area contributed by atoms with Crippen LogP contribution in [0.1, 0.15) is 5.56 Å². The summed E-state index contributed by atoms with van der Waals surface area (Å²) in [5.74, 6) is -0.220. The Balaban J connectivity index is 3.01. The van der Waals surface area contributed by atoms with Gasteiger partial charge in [0.25, 0.3) is 0 Å². The largest absolute Gasteiger partial charge is 0.383 e. The summed E-state index contributed by atoms with van der Waals surface area (Å²) in [5, 5.41) is 0. The van der Waals surface area contributed by atoms with E-state index in [2.05, 4.69) is 6.58 Å². The van der Waals surface area contributed by atoms with Gasteiger partial charge in [-0.2, -0.15) is 0 Å². The molecular weight excluding hydrogens is 177 g/mol. The number of halogens is 1. The van der Waals surface area contributed by atoms with Crippen molar-refractivity contribution in [3.63, 3.8) is 0 Å². The molecule has 0 unspecified atom stereocenters. The van der Waals surface area contributed by atoms with Crippen LogP contribution in [0, 0.1) is 5.82 Å². The fourth-order valence-electron chi connectivity index (χ4n) is 1.17. The molecule has 0 heterocycles. The zero-order valence-electron chi connectivity index (χ0n) is 8.50. The van der Waals surface area contributed by atoms with Crippen LogP contribution in [0.15, 0.2) is 43.1 Å². The van der Waals surface area contributed by atoms with Crippen molar-refractivity contribution in [2.45, 2.75) is 0 Å². The molecule has 0 aliphatic rings. The first-order chi connectivity index (χ1) is 6.63. The maximum atomic E-state index is 12.7. The highest BCUT2D eigenvalue weighted by Gasteiger charge is 1.97. The van der Waals surface area contributed by atoms with Gasteiger partial charge in [0.1, 0.15) is 5.82 Å². The van der Waals surface area contributed by atoms with Crippen molar-refractivity contribution in [2.75, 3.05) is 14.1 Å². The number of nitrogens with zero attached hydrogens (tertiary/aromatic N) is 1. The van der Waals surface area contributed by atoms with Crippen LogP contribution in [0.3, 0.4) is 0 Å². The molecule has 14 heavy (non-hydrogen) atoms. The predicted molar refractivity (Wildman–Crippen MR) is 58.3 cm³/mol. The molecule has 1 aromatic carbocycles. The van der Waals surface area contributed by atoms with Crippen LogP contribution in [0.25, 0.3) is 5.57 Å². The number of hydrogen-bond acceptors (Lipinski definition) is 1. The maximum absolute atomic E-state index is 12.7. The Morgan fingerprint density at radius 1 is 1.29 bits per heavy atom. The molecule has 0 radical (unpaired) electrons. The van der Waals surface area contributed by atoms with Crippen LogP contribution < -0.4 is 0 Å². The van der Waals surface area contributed by atoms with Gasteiger partial charge in [-0.3, -0.25) is 0 Å². The second-order valence-corrected chi connectivity index (χ2v) is 3.26. The monoisotopic (exact) mass is 191 g/mol. The van der Waals surface area contributed by atoms with E-state index in [0.717, 1.165) is 11.1 Å². The van der Waals surface area contributed by atoms with Crippen LogP contribution in [-0.4, -0.2) is 19.0 Å². The van der Waals surface area contributed by atoms with Crippen LogP contribution in [0.2, 0.25) is 0 Å². The van der Waals surface area contributed by atoms with Crippen molar-refractivity contribution in [3.05, 3.63) is 54.5 Å². The number of rotatable bonds is 3. The first-order valence-corrected chi connectivity index (χ1v) is 4.40. The average molecular weight is 191 g/mol. The summed E-state index contributed by atoms with van der Waals surface area (Å²) in [7, 11) is 3.88. The molecule has 1 aromatic rings. The third kappa shape index (κ3) is 2.73. The van der Waals surface area contributed by atoms with Crippen molar-refractivity contribution < 1.29 is 4.39 Å². The number of benzene rings is 1. The van der Waals surface area contributed by atoms with Gasteiger partial charge in [-0.15, -0.1) is 0 Å². The van der Waals surface area contributed by atoms with Gasteiger partial charge in [-0.05, 0) is 23.3 Å². The average Bonchev–Trinajstić information content (AvgIpc) is 2.15. The van der Waals surface area contributed by atoms with E-state index < -0.39 is 0 Å². The Labute approximate surface area is 84.2 Å². The Morgan fingerprint density at radius 3 is 2.29 bits per heavy atom. The van der Waals surface area contributed by atoms with Gasteiger partial charge in [0, 0.05) is 20.3 Å². The first-order valence-electron chi connectivity index (χ1n) is 4.40. The number of hydrogen-bond donors (Lipinski definition) is 0. The van der Waals surface area contributed by atoms with Crippen LogP contribution in [-0.2, 0) is 0 Å². The molecule has 1 rings (SSSR count). The molecule has 0 saturated heterocycles. The molecule has 0 aromatic heterocycles. The Hall–Kier alpha value is -1.57. The Bertz CT molecular complexity index is 336. The molecule has 0 aliphatic heterocycles. The summed E-state index contributed by atoms with van der Waals surface area (Å²) in [4.78, 5) is 1.93. The topological polar surface area (TPSA) is 3.24 Å². The smallest absolute Gasteiger partial charge is 0.123 e. The molecule has 0 spiro atoms. The summed E-state index contributed by atoms with van der Waals surface area (Å²) in [5.41, 5.74) is 1.95. The second-order valence-electron chi connectivity index (χ2n) is 3.26. The van der Waals surface area contributed by atoms with E-state index >= 15 is 0 Å². The number of allylic oxidation sites excluding steroid dienone is 2. The third-order valence-corrected chi connectivity index (χ3v) is 1.79. The highest BCUT2D eigenvalue weighted by molar-refractivity contribution is 5.72. The molecule has 0 amide bonds. The minimum atomic E-state index is -0.220. The maximum Gasteiger partial charge on any atom is 0.123 e. The SMILES string of the molecule is C=C/C(=C\N(C)C)c1ccc(F)cc1. The van der Waals surface area contributed by atoms with Gasteiger partial charge in [-0.25, -0.2) is 4.39 Å². The molecule has 0 aliphatic carbocycles. The van der Waals surface area contributed by atoms with Crippen molar-refractivity contribution in [1.82, 2.24) is 4.90 Å². The molecule has 74 valence electrons. The molecule has 0 N–H and O–H groups in total. The van der Waals surface area contributed by atoms with Gasteiger partial charge in [-0.1, -0.05) is 24.8 Å². The molecular formula is C12H14FN. The third-order valence-electron chi connectivity index (χ3n) is 1.79. The minimum absolute atomic E-state index is 0.220. The van der Waals surface area contributed by atoms with Crippen LogP contribution in [0.5, 0.6) is 0 Å². The van der Waals surface area contributed by atoms with E-state index in [-0.39, 0.29) is 5.82 Å². The fourth-order valence-corrected chi connectivity index (χ4v) is 1.17. The minimum Gasteiger partial charge on any atom is -0.383 e. The van der Waals surface area contributed by atoms with Gasteiger partial charge in [0.2, 0.25) is 0 Å². The van der Waals surface area contributed by atoms with E-state index in [1.807, 2.05) is 25.2 Å². The summed E-state index contributed by atoms with van der Waals surface area (Å²) < 4.78 is 12.7. The van der Waals surface area contributed by atoms with E-state index in [0.29, 0.717) is 0 Å². The summed E-state index contributed by atoms with van der Waals surface area (Å²) in [6.45, 7) is 3.72. The van der Waals surface area contributed by atoms with Crippen molar-refractivity contribution in [2.24, 2.45) is 0 Å². The second kappa shape index (κ2) is 4.61. The van der Waals surface area contributed by atoms with Gasteiger partial charge < -0.3 is 4.90 Å².